The maximum absolute atomic E-state index is 12.7. The number of hydrogen-bond acceptors (Lipinski definition) is 7. The van der Waals surface area contributed by atoms with Crippen LogP contribution in [0.15, 0.2) is 68.4 Å². The fourth-order valence-electron chi connectivity index (χ4n) is 3.03. The second kappa shape index (κ2) is 9.34. The fraction of sp³-hybridized carbons (Fsp3) is 0.0455. The minimum atomic E-state index is -0.601. The zero-order valence-corrected chi connectivity index (χ0v) is 19.6. The number of halogens is 2. The van der Waals surface area contributed by atoms with Crippen molar-refractivity contribution in [3.63, 3.8) is 0 Å². The Balaban J connectivity index is 1.52. The number of carbonyl (C=O) groups is 3. The Labute approximate surface area is 204 Å². The number of hydrogen-bond donors (Lipinski definition) is 0. The van der Waals surface area contributed by atoms with Gasteiger partial charge in [0.25, 0.3) is 16.8 Å². The zero-order chi connectivity index (χ0) is 23.7. The molecule has 0 bridgehead atoms. The predicted octanol–water partition coefficient (Wildman–Crippen LogP) is 6.19. The highest BCUT2D eigenvalue weighted by Crippen LogP contribution is 2.35. The van der Waals surface area contributed by atoms with Gasteiger partial charge in [-0.1, -0.05) is 39.7 Å². The smallest absolute Gasteiger partial charge is 0.293 e. The van der Waals surface area contributed by atoms with E-state index in [2.05, 4.69) is 15.9 Å². The van der Waals surface area contributed by atoms with Gasteiger partial charge < -0.3 is 4.42 Å². The molecule has 1 aliphatic rings. The summed E-state index contributed by atoms with van der Waals surface area (Å²) in [6.07, 6.45) is 1.39. The molecule has 1 saturated heterocycles. The number of rotatable bonds is 6. The van der Waals surface area contributed by atoms with E-state index in [0.29, 0.717) is 28.6 Å². The van der Waals surface area contributed by atoms with Crippen molar-refractivity contribution in [3.8, 4) is 11.3 Å². The van der Waals surface area contributed by atoms with Gasteiger partial charge in [0, 0.05) is 27.7 Å². The second-order valence-corrected chi connectivity index (χ2v) is 9.14. The molecule has 1 aliphatic heterocycles. The topological polar surface area (TPSA) is 111 Å². The number of ketones is 1. The molecular weight excluding hydrogens is 536 g/mol. The number of Topliss-reactive ketones (excluding diaryl/α,β-unsaturated/α-hetero) is 1. The molecule has 3 aromatic rings. The lowest BCUT2D eigenvalue weighted by atomic mass is 10.1. The van der Waals surface area contributed by atoms with Crippen LogP contribution in [0.2, 0.25) is 5.02 Å². The van der Waals surface area contributed by atoms with Crippen LogP contribution in [0, 0.1) is 10.1 Å². The number of furan rings is 1. The third-order valence-corrected chi connectivity index (χ3v) is 6.42. The normalized spacial score (nSPS) is 14.8. The van der Waals surface area contributed by atoms with E-state index in [1.165, 1.54) is 18.2 Å². The van der Waals surface area contributed by atoms with Crippen molar-refractivity contribution in [2.45, 2.75) is 0 Å². The van der Waals surface area contributed by atoms with E-state index in [-0.39, 0.29) is 33.7 Å². The molecule has 0 atom stereocenters. The highest BCUT2D eigenvalue weighted by Gasteiger charge is 2.36. The molecule has 0 saturated carbocycles. The maximum atomic E-state index is 12.7. The average Bonchev–Trinajstić information content (AvgIpc) is 3.34. The van der Waals surface area contributed by atoms with E-state index < -0.39 is 16.1 Å². The summed E-state index contributed by atoms with van der Waals surface area (Å²) in [5.41, 5.74) is 0.552. The summed E-state index contributed by atoms with van der Waals surface area (Å²) in [6, 6.07) is 14.0. The number of imide groups is 1. The van der Waals surface area contributed by atoms with Crippen molar-refractivity contribution >= 4 is 68.0 Å². The van der Waals surface area contributed by atoms with E-state index >= 15 is 0 Å². The van der Waals surface area contributed by atoms with Crippen molar-refractivity contribution in [2.75, 3.05) is 6.54 Å². The van der Waals surface area contributed by atoms with Crippen molar-refractivity contribution in [3.05, 3.63) is 90.4 Å². The number of nitro groups is 1. The molecule has 0 aliphatic carbocycles. The van der Waals surface area contributed by atoms with Crippen LogP contribution < -0.4 is 0 Å². The van der Waals surface area contributed by atoms with Gasteiger partial charge in [0.2, 0.25) is 0 Å². The zero-order valence-electron chi connectivity index (χ0n) is 16.5. The standard InChI is InChI=1S/C22H12BrClN2O6S/c23-14-4-1-12(2-5-14)18(27)11-25-21(28)20(33-22(25)29)10-15-6-8-19(32-15)13-3-7-16(24)17(9-13)26(30)31/h1-10H,11H2/b20-10+. The largest absolute Gasteiger partial charge is 0.457 e. The molecule has 2 amide bonds. The summed E-state index contributed by atoms with van der Waals surface area (Å²) in [5, 5.41) is 10.5. The van der Waals surface area contributed by atoms with E-state index in [1.807, 2.05) is 0 Å². The Morgan fingerprint density at radius 1 is 1.15 bits per heavy atom. The quantitative estimate of drug-likeness (QED) is 0.157. The van der Waals surface area contributed by atoms with Gasteiger partial charge in [0.15, 0.2) is 5.78 Å². The molecule has 166 valence electrons. The van der Waals surface area contributed by atoms with Gasteiger partial charge in [-0.15, -0.1) is 0 Å². The molecule has 0 unspecified atom stereocenters. The first-order chi connectivity index (χ1) is 15.7. The Bertz CT molecular complexity index is 1330. The van der Waals surface area contributed by atoms with Crippen LogP contribution in [-0.2, 0) is 4.79 Å². The molecule has 0 radical (unpaired) electrons. The predicted molar refractivity (Wildman–Crippen MR) is 127 cm³/mol. The van der Waals surface area contributed by atoms with E-state index in [4.69, 9.17) is 16.0 Å². The van der Waals surface area contributed by atoms with E-state index in [0.717, 1.165) is 9.37 Å². The molecule has 1 fully saturated rings. The number of benzene rings is 2. The van der Waals surface area contributed by atoms with Crippen LogP contribution in [-0.4, -0.2) is 33.3 Å². The minimum Gasteiger partial charge on any atom is -0.457 e. The van der Waals surface area contributed by atoms with E-state index in [9.17, 15) is 24.5 Å². The molecule has 2 heterocycles. The monoisotopic (exact) mass is 546 g/mol. The average molecular weight is 548 g/mol. The van der Waals surface area contributed by atoms with Gasteiger partial charge in [0.1, 0.15) is 16.5 Å². The molecule has 8 nitrogen and oxygen atoms in total. The lowest BCUT2D eigenvalue weighted by Gasteiger charge is -2.11. The fourth-order valence-corrected chi connectivity index (χ4v) is 4.30. The Morgan fingerprint density at radius 2 is 1.88 bits per heavy atom. The molecule has 11 heteroatoms. The van der Waals surface area contributed by atoms with Crippen LogP contribution in [0.5, 0.6) is 0 Å². The summed E-state index contributed by atoms with van der Waals surface area (Å²) in [6.45, 7) is -0.374. The highest BCUT2D eigenvalue weighted by atomic mass is 79.9. The number of nitrogens with zero attached hydrogens (tertiary/aromatic N) is 2. The van der Waals surface area contributed by atoms with Gasteiger partial charge in [-0.3, -0.25) is 29.4 Å². The van der Waals surface area contributed by atoms with Crippen LogP contribution in [0.3, 0.4) is 0 Å². The second-order valence-electron chi connectivity index (χ2n) is 6.82. The Morgan fingerprint density at radius 3 is 2.58 bits per heavy atom. The van der Waals surface area contributed by atoms with Crippen molar-refractivity contribution in [1.82, 2.24) is 4.90 Å². The summed E-state index contributed by atoms with van der Waals surface area (Å²) in [4.78, 5) is 49.0. The van der Waals surface area contributed by atoms with Crippen LogP contribution in [0.4, 0.5) is 10.5 Å². The third kappa shape index (κ3) is 4.92. The maximum Gasteiger partial charge on any atom is 0.293 e. The summed E-state index contributed by atoms with van der Waals surface area (Å²) in [5.74, 6) is -0.371. The Hall–Kier alpha value is -3.21. The van der Waals surface area contributed by atoms with Gasteiger partial charge >= 0.3 is 0 Å². The van der Waals surface area contributed by atoms with Gasteiger partial charge in [-0.05, 0) is 48.2 Å². The van der Waals surface area contributed by atoms with Gasteiger partial charge in [-0.2, -0.15) is 0 Å². The first kappa shape index (κ1) is 23.0. The SMILES string of the molecule is O=C(CN1C(=O)S/C(=C/c2ccc(-c3ccc(Cl)c([N+](=O)[O-])c3)o2)C1=O)c1ccc(Br)cc1. The molecule has 4 rings (SSSR count). The van der Waals surface area contributed by atoms with Crippen molar-refractivity contribution < 1.29 is 23.7 Å². The number of amides is 2. The van der Waals surface area contributed by atoms with Gasteiger partial charge in [0.05, 0.1) is 16.4 Å². The molecule has 1 aromatic heterocycles. The number of nitro benzene ring substituents is 1. The van der Waals surface area contributed by atoms with Crippen molar-refractivity contribution in [2.24, 2.45) is 0 Å². The molecule has 2 aromatic carbocycles. The molecule has 0 N–H and O–H groups in total. The van der Waals surface area contributed by atoms with Crippen molar-refractivity contribution in [1.29, 1.82) is 0 Å². The Kier molecular flexibility index (Phi) is 6.50. The summed E-state index contributed by atoms with van der Waals surface area (Å²) >= 11 is 9.82. The van der Waals surface area contributed by atoms with Gasteiger partial charge in [-0.25, -0.2) is 0 Å². The molecular formula is C22H12BrClN2O6S. The lowest BCUT2D eigenvalue weighted by Crippen LogP contribution is -2.33. The summed E-state index contributed by atoms with van der Waals surface area (Å²) < 4.78 is 6.48. The lowest BCUT2D eigenvalue weighted by molar-refractivity contribution is -0.384. The third-order valence-electron chi connectivity index (χ3n) is 4.67. The first-order valence-electron chi connectivity index (χ1n) is 9.31. The number of thioether (sulfide) groups is 1. The van der Waals surface area contributed by atoms with Crippen LogP contribution in [0.1, 0.15) is 16.1 Å². The van der Waals surface area contributed by atoms with Crippen LogP contribution in [0.25, 0.3) is 17.4 Å². The number of carbonyl (C=O) groups excluding carboxylic acids is 3. The molecule has 33 heavy (non-hydrogen) atoms. The van der Waals surface area contributed by atoms with Crippen LogP contribution >= 0.6 is 39.3 Å². The first-order valence-corrected chi connectivity index (χ1v) is 11.3. The minimum absolute atomic E-state index is 0.00175. The highest BCUT2D eigenvalue weighted by molar-refractivity contribution is 9.10. The van der Waals surface area contributed by atoms with E-state index in [1.54, 1.807) is 42.5 Å². The summed E-state index contributed by atoms with van der Waals surface area (Å²) in [7, 11) is 0. The molecule has 0 spiro atoms.